The van der Waals surface area contributed by atoms with Crippen molar-refractivity contribution in [1.29, 1.82) is 0 Å². The lowest BCUT2D eigenvalue weighted by Gasteiger charge is -2.25. The van der Waals surface area contributed by atoms with E-state index >= 15 is 0 Å². The molecule has 0 aliphatic carbocycles. The third kappa shape index (κ3) is 5.34. The second-order valence-electron chi connectivity index (χ2n) is 5.47. The molecule has 1 aromatic rings. The molecule has 1 unspecified atom stereocenters. The van der Waals surface area contributed by atoms with E-state index in [2.05, 4.69) is 5.32 Å². The number of amides is 1. The fourth-order valence-electron chi connectivity index (χ4n) is 1.66. The zero-order chi connectivity index (χ0) is 17.1. The summed E-state index contributed by atoms with van der Waals surface area (Å²) in [4.78, 5) is 12.1. The smallest absolute Gasteiger partial charge is 0.240 e. The van der Waals surface area contributed by atoms with Gasteiger partial charge in [-0.3, -0.25) is 9.10 Å². The van der Waals surface area contributed by atoms with Gasteiger partial charge in [-0.05, 0) is 31.0 Å². The van der Waals surface area contributed by atoms with Gasteiger partial charge in [0.2, 0.25) is 15.9 Å². The molecule has 0 aliphatic heterocycles. The zero-order valence-electron chi connectivity index (χ0n) is 12.9. The Morgan fingerprint density at radius 1 is 1.27 bits per heavy atom. The van der Waals surface area contributed by atoms with Gasteiger partial charge in [-0.15, -0.1) is 0 Å². The summed E-state index contributed by atoms with van der Waals surface area (Å²) in [5.74, 6) is -0.146. The molecule has 0 bridgehead atoms. The van der Waals surface area contributed by atoms with E-state index in [0.717, 1.165) is 10.6 Å². The van der Waals surface area contributed by atoms with Crippen molar-refractivity contribution in [3.63, 3.8) is 0 Å². The molecule has 124 valence electrons. The quantitative estimate of drug-likeness (QED) is 0.841. The number of anilines is 1. The molecule has 0 heterocycles. The van der Waals surface area contributed by atoms with Gasteiger partial charge in [-0.1, -0.05) is 37.0 Å². The Hall–Kier alpha value is -0.980. The third-order valence-corrected chi connectivity index (χ3v) is 4.92. The average molecular weight is 367 g/mol. The predicted molar refractivity (Wildman–Crippen MR) is 91.1 cm³/mol. The van der Waals surface area contributed by atoms with Gasteiger partial charge in [0.25, 0.3) is 0 Å². The normalized spacial score (nSPS) is 13.0. The summed E-state index contributed by atoms with van der Waals surface area (Å²) in [6, 6.07) is 4.38. The molecule has 0 saturated heterocycles. The number of carbonyl (C=O) groups is 1. The Labute approximate surface area is 141 Å². The molecule has 8 heteroatoms. The van der Waals surface area contributed by atoms with Gasteiger partial charge in [-0.2, -0.15) is 0 Å². The number of halogens is 2. The number of nitrogens with one attached hydrogen (secondary N) is 1. The molecule has 0 aromatic heterocycles. The van der Waals surface area contributed by atoms with E-state index < -0.39 is 15.9 Å². The largest absolute Gasteiger partial charge is 0.352 e. The van der Waals surface area contributed by atoms with Gasteiger partial charge in [0.15, 0.2) is 0 Å². The summed E-state index contributed by atoms with van der Waals surface area (Å²) in [6.45, 7) is 5.46. The van der Waals surface area contributed by atoms with Crippen molar-refractivity contribution in [3.05, 3.63) is 28.2 Å². The minimum Gasteiger partial charge on any atom is -0.352 e. The molecule has 1 N–H and O–H groups in total. The van der Waals surface area contributed by atoms with Crippen molar-refractivity contribution >= 4 is 44.8 Å². The standard InChI is InChI=1S/C14H20Cl2N2O3S/c1-9(2)10(3)17-14(19)8-18(22(4,20)21)13-6-5-11(15)7-12(13)16/h5-7,9-10H,8H2,1-4H3,(H,17,19). The highest BCUT2D eigenvalue weighted by Crippen LogP contribution is 2.30. The van der Waals surface area contributed by atoms with Crippen molar-refractivity contribution in [2.75, 3.05) is 17.1 Å². The maximum Gasteiger partial charge on any atom is 0.240 e. The fourth-order valence-corrected chi connectivity index (χ4v) is 3.09. The first kappa shape index (κ1) is 19.1. The Balaban J connectivity index is 3.03. The zero-order valence-corrected chi connectivity index (χ0v) is 15.3. The van der Waals surface area contributed by atoms with Crippen LogP contribution in [0.2, 0.25) is 10.0 Å². The number of benzene rings is 1. The number of hydrogen-bond donors (Lipinski definition) is 1. The van der Waals surface area contributed by atoms with E-state index in [1.165, 1.54) is 18.2 Å². The summed E-state index contributed by atoms with van der Waals surface area (Å²) < 4.78 is 24.9. The van der Waals surface area contributed by atoms with Crippen LogP contribution in [0.3, 0.4) is 0 Å². The Morgan fingerprint density at radius 2 is 1.86 bits per heavy atom. The van der Waals surface area contributed by atoms with Gasteiger partial charge in [0, 0.05) is 11.1 Å². The summed E-state index contributed by atoms with van der Waals surface area (Å²) in [7, 11) is -3.66. The SMILES string of the molecule is CC(C)C(C)NC(=O)CN(c1ccc(Cl)cc1Cl)S(C)(=O)=O. The van der Waals surface area contributed by atoms with Crippen LogP contribution in [-0.2, 0) is 14.8 Å². The highest BCUT2D eigenvalue weighted by Gasteiger charge is 2.24. The first-order chi connectivity index (χ1) is 10.0. The van der Waals surface area contributed by atoms with Crippen LogP contribution in [0.15, 0.2) is 18.2 Å². The Bertz CT molecular complexity index is 647. The van der Waals surface area contributed by atoms with Gasteiger partial charge < -0.3 is 5.32 Å². The van der Waals surface area contributed by atoms with Gasteiger partial charge in [-0.25, -0.2) is 8.42 Å². The number of rotatable bonds is 6. The van der Waals surface area contributed by atoms with Crippen LogP contribution < -0.4 is 9.62 Å². The molecule has 1 aromatic carbocycles. The van der Waals surface area contributed by atoms with Crippen LogP contribution >= 0.6 is 23.2 Å². The van der Waals surface area contributed by atoms with E-state index in [9.17, 15) is 13.2 Å². The number of hydrogen-bond acceptors (Lipinski definition) is 3. The maximum atomic E-state index is 12.1. The molecule has 1 atom stereocenters. The van der Waals surface area contributed by atoms with Crippen molar-refractivity contribution in [2.24, 2.45) is 5.92 Å². The summed E-state index contributed by atoms with van der Waals surface area (Å²) >= 11 is 11.9. The third-order valence-electron chi connectivity index (χ3n) is 3.25. The fraction of sp³-hybridized carbons (Fsp3) is 0.500. The lowest BCUT2D eigenvalue weighted by atomic mass is 10.1. The molecule has 0 saturated carbocycles. The molecular formula is C14H20Cl2N2O3S. The minimum absolute atomic E-state index is 0.0606. The molecule has 0 radical (unpaired) electrons. The lowest BCUT2D eigenvalue weighted by molar-refractivity contribution is -0.120. The van der Waals surface area contributed by atoms with Gasteiger partial charge in [0.1, 0.15) is 6.54 Å². The van der Waals surface area contributed by atoms with Gasteiger partial charge in [0.05, 0.1) is 17.0 Å². The summed E-state index contributed by atoms with van der Waals surface area (Å²) in [5, 5.41) is 3.33. The van der Waals surface area contributed by atoms with E-state index in [1.54, 1.807) is 0 Å². The van der Waals surface area contributed by atoms with Gasteiger partial charge >= 0.3 is 0 Å². The Kier molecular flexibility index (Phi) is 6.52. The van der Waals surface area contributed by atoms with E-state index in [4.69, 9.17) is 23.2 Å². The molecule has 0 spiro atoms. The van der Waals surface area contributed by atoms with Crippen LogP contribution in [0.5, 0.6) is 0 Å². The average Bonchev–Trinajstić information content (AvgIpc) is 2.35. The molecular weight excluding hydrogens is 347 g/mol. The number of carbonyl (C=O) groups excluding carboxylic acids is 1. The number of nitrogens with zero attached hydrogens (tertiary/aromatic N) is 1. The van der Waals surface area contributed by atoms with E-state index in [1.807, 2.05) is 20.8 Å². The topological polar surface area (TPSA) is 66.5 Å². The lowest BCUT2D eigenvalue weighted by Crippen LogP contribution is -2.44. The molecule has 1 rings (SSSR count). The first-order valence-corrected chi connectivity index (χ1v) is 9.35. The second kappa shape index (κ2) is 7.53. The van der Waals surface area contributed by atoms with Crippen LogP contribution in [0, 0.1) is 5.92 Å². The predicted octanol–water partition coefficient (Wildman–Crippen LogP) is 2.92. The minimum atomic E-state index is -3.66. The molecule has 1 amide bonds. The van der Waals surface area contributed by atoms with Crippen LogP contribution in [-0.4, -0.2) is 33.2 Å². The maximum absolute atomic E-state index is 12.1. The first-order valence-electron chi connectivity index (χ1n) is 6.74. The summed E-state index contributed by atoms with van der Waals surface area (Å²) in [5.41, 5.74) is 0.223. The van der Waals surface area contributed by atoms with Crippen LogP contribution in [0.25, 0.3) is 0 Å². The highest BCUT2D eigenvalue weighted by atomic mass is 35.5. The van der Waals surface area contributed by atoms with Crippen LogP contribution in [0.1, 0.15) is 20.8 Å². The molecule has 22 heavy (non-hydrogen) atoms. The highest BCUT2D eigenvalue weighted by molar-refractivity contribution is 7.92. The van der Waals surface area contributed by atoms with Crippen molar-refractivity contribution in [3.8, 4) is 0 Å². The second-order valence-corrected chi connectivity index (χ2v) is 8.22. The molecule has 5 nitrogen and oxygen atoms in total. The van der Waals surface area contributed by atoms with Crippen LogP contribution in [0.4, 0.5) is 5.69 Å². The summed E-state index contributed by atoms with van der Waals surface area (Å²) in [6.07, 6.45) is 1.02. The van der Waals surface area contributed by atoms with E-state index in [0.29, 0.717) is 5.02 Å². The Morgan fingerprint density at radius 3 is 2.32 bits per heavy atom. The molecule has 0 aliphatic rings. The molecule has 0 fully saturated rings. The van der Waals surface area contributed by atoms with Crippen molar-refractivity contribution in [1.82, 2.24) is 5.32 Å². The van der Waals surface area contributed by atoms with Crippen molar-refractivity contribution < 1.29 is 13.2 Å². The monoisotopic (exact) mass is 366 g/mol. The van der Waals surface area contributed by atoms with Crippen molar-refractivity contribution in [2.45, 2.75) is 26.8 Å². The number of sulfonamides is 1. The van der Waals surface area contributed by atoms with E-state index in [-0.39, 0.29) is 29.2 Å².